The zero-order chi connectivity index (χ0) is 19.4. The van der Waals surface area contributed by atoms with Crippen molar-refractivity contribution in [2.45, 2.75) is 0 Å². The number of ether oxygens (including phenoxy) is 1. The lowest BCUT2D eigenvalue weighted by Crippen LogP contribution is -2.10. The number of hydrogen-bond donors (Lipinski definition) is 0. The van der Waals surface area contributed by atoms with Gasteiger partial charge in [-0.1, -0.05) is 69.3 Å². The molecule has 3 rings (SSSR count). The molecule has 4 heteroatoms. The summed E-state index contributed by atoms with van der Waals surface area (Å²) in [5.41, 5.74) is 5.22. The number of methoxy groups -OCH3 is 1. The summed E-state index contributed by atoms with van der Waals surface area (Å²) >= 11 is 7.28. The predicted molar refractivity (Wildman–Crippen MR) is 123 cm³/mol. The molecule has 0 saturated heterocycles. The van der Waals surface area contributed by atoms with Gasteiger partial charge in [-0.05, 0) is 59.7 Å². The number of anilines is 3. The Balaban J connectivity index is 2.16. The van der Waals surface area contributed by atoms with Crippen molar-refractivity contribution in [3.05, 3.63) is 93.9 Å². The van der Waals surface area contributed by atoms with Gasteiger partial charge in [-0.3, -0.25) is 0 Å². The normalized spacial score (nSPS) is 10.3. The third kappa shape index (κ3) is 4.18. The maximum absolute atomic E-state index is 5.30. The molecule has 0 aliphatic heterocycles. The monoisotopic (exact) mass is 483 g/mol. The summed E-state index contributed by atoms with van der Waals surface area (Å²) < 4.78 is 7.29. The van der Waals surface area contributed by atoms with E-state index < -0.39 is 0 Å². The minimum absolute atomic E-state index is 0.824. The third-order valence-electron chi connectivity index (χ3n) is 4.25. The van der Waals surface area contributed by atoms with E-state index >= 15 is 0 Å². The molecule has 3 aromatic rings. The Morgan fingerprint density at radius 1 is 0.741 bits per heavy atom. The van der Waals surface area contributed by atoms with Crippen LogP contribution in [0.5, 0.6) is 5.75 Å². The molecule has 0 bridgehead atoms. The van der Waals surface area contributed by atoms with Gasteiger partial charge < -0.3 is 9.64 Å². The minimum atomic E-state index is 0.824. The van der Waals surface area contributed by atoms with Gasteiger partial charge in [0.25, 0.3) is 0 Å². The van der Waals surface area contributed by atoms with Gasteiger partial charge in [-0.15, -0.1) is 0 Å². The molecule has 0 radical (unpaired) electrons. The molecule has 0 amide bonds. The standard InChI is InChI=1S/C23H19Br2NO/c1-4-16-6-8-19(14-22(16)24)26(18-10-12-21(27-3)13-11-18)20-9-7-17(5-2)23(25)15-20/h4-15H,1-2H2,3H3. The van der Waals surface area contributed by atoms with Gasteiger partial charge in [-0.25, -0.2) is 0 Å². The summed E-state index contributed by atoms with van der Waals surface area (Å²) in [5.74, 6) is 0.824. The van der Waals surface area contributed by atoms with E-state index in [1.807, 2.05) is 36.4 Å². The molecule has 3 aromatic carbocycles. The average molecular weight is 485 g/mol. The number of nitrogens with zero attached hydrogens (tertiary/aromatic N) is 1. The summed E-state index contributed by atoms with van der Waals surface area (Å²) in [6, 6.07) is 20.5. The molecular weight excluding hydrogens is 466 g/mol. The van der Waals surface area contributed by atoms with Crippen molar-refractivity contribution >= 4 is 61.1 Å². The van der Waals surface area contributed by atoms with Gasteiger partial charge >= 0.3 is 0 Å². The lowest BCUT2D eigenvalue weighted by atomic mass is 10.1. The average Bonchev–Trinajstić information content (AvgIpc) is 2.69. The minimum Gasteiger partial charge on any atom is -0.497 e. The van der Waals surface area contributed by atoms with Crippen molar-refractivity contribution in [1.82, 2.24) is 0 Å². The summed E-state index contributed by atoms with van der Waals surface area (Å²) in [6.07, 6.45) is 3.67. The van der Waals surface area contributed by atoms with Gasteiger partial charge in [0.05, 0.1) is 7.11 Å². The summed E-state index contributed by atoms with van der Waals surface area (Å²) in [5, 5.41) is 0. The molecule has 0 fully saturated rings. The Bertz CT molecular complexity index is 923. The Morgan fingerprint density at radius 2 is 1.19 bits per heavy atom. The SMILES string of the molecule is C=Cc1ccc(N(c2ccc(OC)cc2)c2ccc(C=C)c(Br)c2)cc1Br. The Hall–Kier alpha value is -2.30. The van der Waals surface area contributed by atoms with Crippen molar-refractivity contribution in [2.75, 3.05) is 12.0 Å². The second-order valence-corrected chi connectivity index (χ2v) is 7.56. The molecular formula is C23H19Br2NO. The van der Waals surface area contributed by atoms with E-state index in [4.69, 9.17) is 4.74 Å². The lowest BCUT2D eigenvalue weighted by molar-refractivity contribution is 0.415. The zero-order valence-corrected chi connectivity index (χ0v) is 18.1. The molecule has 136 valence electrons. The van der Waals surface area contributed by atoms with Crippen molar-refractivity contribution in [2.24, 2.45) is 0 Å². The highest BCUT2D eigenvalue weighted by Gasteiger charge is 2.15. The summed E-state index contributed by atoms with van der Waals surface area (Å²) in [6.45, 7) is 7.72. The maximum Gasteiger partial charge on any atom is 0.119 e. The first-order valence-corrected chi connectivity index (χ1v) is 9.94. The molecule has 0 aliphatic carbocycles. The number of halogens is 2. The molecule has 0 atom stereocenters. The van der Waals surface area contributed by atoms with E-state index in [0.29, 0.717) is 0 Å². The highest BCUT2D eigenvalue weighted by atomic mass is 79.9. The van der Waals surface area contributed by atoms with Crippen LogP contribution in [0.4, 0.5) is 17.1 Å². The van der Waals surface area contributed by atoms with Crippen LogP contribution < -0.4 is 9.64 Å². The molecule has 0 aliphatic rings. The van der Waals surface area contributed by atoms with E-state index in [1.165, 1.54) is 0 Å². The number of benzene rings is 3. The molecule has 0 heterocycles. The summed E-state index contributed by atoms with van der Waals surface area (Å²) in [7, 11) is 1.67. The highest BCUT2D eigenvalue weighted by Crippen LogP contribution is 2.39. The van der Waals surface area contributed by atoms with E-state index in [0.717, 1.165) is 42.9 Å². The van der Waals surface area contributed by atoms with Gasteiger partial charge in [0, 0.05) is 26.0 Å². The second kappa shape index (κ2) is 8.59. The molecule has 2 nitrogen and oxygen atoms in total. The first kappa shape index (κ1) is 19.5. The topological polar surface area (TPSA) is 12.5 Å². The Kier molecular flexibility index (Phi) is 6.19. The van der Waals surface area contributed by atoms with Crippen molar-refractivity contribution in [3.8, 4) is 5.75 Å². The Labute approximate surface area is 177 Å². The van der Waals surface area contributed by atoms with Crippen LogP contribution in [-0.4, -0.2) is 7.11 Å². The molecule has 27 heavy (non-hydrogen) atoms. The van der Waals surface area contributed by atoms with E-state index in [1.54, 1.807) is 7.11 Å². The van der Waals surface area contributed by atoms with Gasteiger partial charge in [-0.2, -0.15) is 0 Å². The fourth-order valence-electron chi connectivity index (χ4n) is 2.82. The zero-order valence-electron chi connectivity index (χ0n) is 15.0. The molecule has 0 saturated carbocycles. The lowest BCUT2D eigenvalue weighted by Gasteiger charge is -2.26. The predicted octanol–water partition coefficient (Wildman–Crippen LogP) is 7.98. The molecule has 0 unspecified atom stereocenters. The largest absolute Gasteiger partial charge is 0.497 e. The molecule has 0 aromatic heterocycles. The van der Waals surface area contributed by atoms with Gasteiger partial charge in [0.1, 0.15) is 5.75 Å². The van der Waals surface area contributed by atoms with Crippen molar-refractivity contribution < 1.29 is 4.74 Å². The van der Waals surface area contributed by atoms with Gasteiger partial charge in [0.2, 0.25) is 0 Å². The number of rotatable bonds is 6. The van der Waals surface area contributed by atoms with Crippen LogP contribution in [0.3, 0.4) is 0 Å². The van der Waals surface area contributed by atoms with Crippen LogP contribution in [0.25, 0.3) is 12.2 Å². The first-order valence-electron chi connectivity index (χ1n) is 8.35. The van der Waals surface area contributed by atoms with E-state index in [9.17, 15) is 0 Å². The fourth-order valence-corrected chi connectivity index (χ4v) is 3.88. The fraction of sp³-hybridized carbons (Fsp3) is 0.0435. The molecule has 0 N–H and O–H groups in total. The van der Waals surface area contributed by atoms with Gasteiger partial charge in [0.15, 0.2) is 0 Å². The van der Waals surface area contributed by atoms with Crippen LogP contribution in [0.1, 0.15) is 11.1 Å². The quantitative estimate of drug-likeness (QED) is 0.351. The smallest absolute Gasteiger partial charge is 0.119 e. The first-order chi connectivity index (χ1) is 13.1. The van der Waals surface area contributed by atoms with E-state index in [2.05, 4.69) is 86.3 Å². The van der Waals surface area contributed by atoms with Crippen LogP contribution in [0.2, 0.25) is 0 Å². The van der Waals surface area contributed by atoms with Crippen LogP contribution >= 0.6 is 31.9 Å². The number of hydrogen-bond acceptors (Lipinski definition) is 2. The van der Waals surface area contributed by atoms with Crippen LogP contribution in [0, 0.1) is 0 Å². The Morgan fingerprint density at radius 3 is 1.56 bits per heavy atom. The van der Waals surface area contributed by atoms with Crippen LogP contribution in [-0.2, 0) is 0 Å². The van der Waals surface area contributed by atoms with Crippen molar-refractivity contribution in [1.29, 1.82) is 0 Å². The molecule has 0 spiro atoms. The van der Waals surface area contributed by atoms with Crippen LogP contribution in [0.15, 0.2) is 82.8 Å². The van der Waals surface area contributed by atoms with E-state index in [-0.39, 0.29) is 0 Å². The highest BCUT2D eigenvalue weighted by molar-refractivity contribution is 9.10. The third-order valence-corrected chi connectivity index (χ3v) is 5.63. The summed E-state index contributed by atoms with van der Waals surface area (Å²) in [4.78, 5) is 2.19. The second-order valence-electron chi connectivity index (χ2n) is 5.85. The van der Waals surface area contributed by atoms with Crippen molar-refractivity contribution in [3.63, 3.8) is 0 Å². The maximum atomic E-state index is 5.30.